The molecule has 17 heavy (non-hydrogen) atoms. The first-order valence-corrected chi connectivity index (χ1v) is 5.30. The molecule has 0 saturated carbocycles. The largest absolute Gasteiger partial charge is 0.452 e. The Morgan fingerprint density at radius 2 is 2.41 bits per heavy atom. The van der Waals surface area contributed by atoms with E-state index in [0.29, 0.717) is 0 Å². The summed E-state index contributed by atoms with van der Waals surface area (Å²) in [6.45, 7) is 0. The minimum absolute atomic E-state index is 0.392. The molecule has 5 nitrogen and oxygen atoms in total. The summed E-state index contributed by atoms with van der Waals surface area (Å²) in [5.41, 5.74) is 3.75. The topological polar surface area (TPSA) is 58.2 Å². The molecule has 1 aromatic carbocycles. The Labute approximate surface area is 97.7 Å². The Balaban J connectivity index is 2.20. The van der Waals surface area contributed by atoms with Crippen LogP contribution in [0.15, 0.2) is 30.7 Å². The minimum atomic E-state index is -0.392. The SMILES string of the molecule is COC(=O)N1C=CCc2c1ccc1[nH]cnc21. The zero-order valence-electron chi connectivity index (χ0n) is 9.30. The Morgan fingerprint density at radius 1 is 1.53 bits per heavy atom. The molecule has 1 aliphatic heterocycles. The van der Waals surface area contributed by atoms with Gasteiger partial charge in [-0.3, -0.25) is 4.90 Å². The van der Waals surface area contributed by atoms with Crippen molar-refractivity contribution in [1.29, 1.82) is 0 Å². The van der Waals surface area contributed by atoms with E-state index in [1.165, 1.54) is 12.0 Å². The van der Waals surface area contributed by atoms with Crippen LogP contribution in [0.4, 0.5) is 10.5 Å². The summed E-state index contributed by atoms with van der Waals surface area (Å²) in [6, 6.07) is 3.81. The molecule has 3 rings (SSSR count). The van der Waals surface area contributed by atoms with E-state index >= 15 is 0 Å². The first-order chi connectivity index (χ1) is 8.31. The van der Waals surface area contributed by atoms with Crippen LogP contribution in [-0.4, -0.2) is 23.2 Å². The van der Waals surface area contributed by atoms with E-state index in [1.54, 1.807) is 12.5 Å². The van der Waals surface area contributed by atoms with Crippen LogP contribution in [0.25, 0.3) is 11.0 Å². The minimum Gasteiger partial charge on any atom is -0.452 e. The Hall–Kier alpha value is -2.30. The average molecular weight is 229 g/mol. The van der Waals surface area contributed by atoms with Crippen molar-refractivity contribution in [3.8, 4) is 0 Å². The molecule has 2 aromatic rings. The van der Waals surface area contributed by atoms with Crippen LogP contribution in [0.3, 0.4) is 0 Å². The lowest BCUT2D eigenvalue weighted by molar-refractivity contribution is 0.181. The smallest absolute Gasteiger partial charge is 0.418 e. The lowest BCUT2D eigenvalue weighted by atomic mass is 10.0. The van der Waals surface area contributed by atoms with Crippen molar-refractivity contribution >= 4 is 22.8 Å². The van der Waals surface area contributed by atoms with Crippen molar-refractivity contribution in [2.24, 2.45) is 0 Å². The number of rotatable bonds is 0. The summed E-state index contributed by atoms with van der Waals surface area (Å²) in [7, 11) is 1.37. The molecule has 0 fully saturated rings. The summed E-state index contributed by atoms with van der Waals surface area (Å²) < 4.78 is 4.75. The second kappa shape index (κ2) is 3.62. The fourth-order valence-electron chi connectivity index (χ4n) is 2.10. The number of benzene rings is 1. The van der Waals surface area contributed by atoms with E-state index in [0.717, 1.165) is 28.7 Å². The predicted octanol–water partition coefficient (Wildman–Crippen LogP) is 2.21. The van der Waals surface area contributed by atoms with Crippen molar-refractivity contribution < 1.29 is 9.53 Å². The third-order valence-electron chi connectivity index (χ3n) is 2.88. The van der Waals surface area contributed by atoms with Gasteiger partial charge < -0.3 is 9.72 Å². The van der Waals surface area contributed by atoms with Gasteiger partial charge in [0.25, 0.3) is 0 Å². The zero-order chi connectivity index (χ0) is 11.8. The molecule has 5 heteroatoms. The van der Waals surface area contributed by atoms with Gasteiger partial charge in [-0.15, -0.1) is 0 Å². The monoisotopic (exact) mass is 229 g/mol. The molecule has 1 aromatic heterocycles. The van der Waals surface area contributed by atoms with Crippen LogP contribution in [0, 0.1) is 0 Å². The number of hydrogen-bond donors (Lipinski definition) is 1. The maximum absolute atomic E-state index is 11.6. The molecule has 0 aliphatic carbocycles. The maximum atomic E-state index is 11.6. The highest BCUT2D eigenvalue weighted by atomic mass is 16.5. The number of ether oxygens (including phenoxy) is 1. The van der Waals surface area contributed by atoms with Gasteiger partial charge in [0, 0.05) is 11.8 Å². The van der Waals surface area contributed by atoms with Crippen molar-refractivity contribution in [2.45, 2.75) is 6.42 Å². The molecule has 0 unspecified atom stereocenters. The molecule has 0 spiro atoms. The summed E-state index contributed by atoms with van der Waals surface area (Å²) in [4.78, 5) is 20.5. The number of nitrogens with one attached hydrogen (secondary N) is 1. The number of hydrogen-bond acceptors (Lipinski definition) is 3. The Kier molecular flexibility index (Phi) is 2.11. The normalized spacial score (nSPS) is 13.8. The lowest BCUT2D eigenvalue weighted by Gasteiger charge is -2.23. The van der Waals surface area contributed by atoms with E-state index in [1.807, 2.05) is 18.2 Å². The number of imidazole rings is 1. The molecule has 1 N–H and O–H groups in total. The molecule has 86 valence electrons. The highest BCUT2D eigenvalue weighted by molar-refractivity contribution is 5.96. The third-order valence-corrected chi connectivity index (χ3v) is 2.88. The number of anilines is 1. The number of carbonyl (C=O) groups excluding carboxylic acids is 1. The van der Waals surface area contributed by atoms with Gasteiger partial charge >= 0.3 is 6.09 Å². The van der Waals surface area contributed by atoms with Gasteiger partial charge in [0.15, 0.2) is 0 Å². The Morgan fingerprint density at radius 3 is 3.24 bits per heavy atom. The fraction of sp³-hybridized carbons (Fsp3) is 0.167. The van der Waals surface area contributed by atoms with Crippen LogP contribution in [-0.2, 0) is 11.2 Å². The number of allylic oxidation sites excluding steroid dienone is 1. The zero-order valence-corrected chi connectivity index (χ0v) is 9.30. The maximum Gasteiger partial charge on any atom is 0.418 e. The molecule has 1 aliphatic rings. The van der Waals surface area contributed by atoms with Gasteiger partial charge in [0.1, 0.15) is 0 Å². The average Bonchev–Trinajstić information content (AvgIpc) is 2.85. The number of aromatic nitrogens is 2. The van der Waals surface area contributed by atoms with E-state index in [4.69, 9.17) is 4.74 Å². The summed E-state index contributed by atoms with van der Waals surface area (Å²) in [5, 5.41) is 0. The van der Waals surface area contributed by atoms with Gasteiger partial charge in [0.2, 0.25) is 0 Å². The molecule has 0 atom stereocenters. The summed E-state index contributed by atoms with van der Waals surface area (Å²) >= 11 is 0. The number of fused-ring (bicyclic) bond motifs is 3. The number of H-pyrrole nitrogens is 1. The van der Waals surface area contributed by atoms with Gasteiger partial charge in [0.05, 0.1) is 30.2 Å². The molecule has 0 saturated heterocycles. The molecule has 1 amide bonds. The number of carbonyl (C=O) groups is 1. The van der Waals surface area contributed by atoms with E-state index in [9.17, 15) is 4.79 Å². The molecule has 0 bridgehead atoms. The van der Waals surface area contributed by atoms with Crippen LogP contribution in [0.1, 0.15) is 5.56 Å². The third kappa shape index (κ3) is 1.39. The van der Waals surface area contributed by atoms with Crippen molar-refractivity contribution in [3.63, 3.8) is 0 Å². The quantitative estimate of drug-likeness (QED) is 0.753. The van der Waals surface area contributed by atoms with Crippen molar-refractivity contribution in [3.05, 3.63) is 36.3 Å². The first kappa shape index (κ1) is 9.89. The summed E-state index contributed by atoms with van der Waals surface area (Å²) in [6.07, 6.45) is 5.69. The van der Waals surface area contributed by atoms with Crippen LogP contribution in [0.5, 0.6) is 0 Å². The van der Waals surface area contributed by atoms with E-state index < -0.39 is 6.09 Å². The van der Waals surface area contributed by atoms with Crippen LogP contribution < -0.4 is 4.90 Å². The van der Waals surface area contributed by atoms with Crippen LogP contribution in [0.2, 0.25) is 0 Å². The molecular weight excluding hydrogens is 218 g/mol. The summed E-state index contributed by atoms with van der Waals surface area (Å²) in [5.74, 6) is 0. The molecule has 2 heterocycles. The van der Waals surface area contributed by atoms with E-state index in [2.05, 4.69) is 9.97 Å². The Bertz CT molecular complexity index is 615. The highest BCUT2D eigenvalue weighted by Crippen LogP contribution is 2.31. The van der Waals surface area contributed by atoms with Crippen molar-refractivity contribution in [2.75, 3.05) is 12.0 Å². The second-order valence-corrected chi connectivity index (χ2v) is 3.79. The van der Waals surface area contributed by atoms with Crippen molar-refractivity contribution in [1.82, 2.24) is 9.97 Å². The molecular formula is C12H11N3O2. The van der Waals surface area contributed by atoms with Crippen LogP contribution >= 0.6 is 0 Å². The van der Waals surface area contributed by atoms with Gasteiger partial charge in [-0.05, 0) is 18.6 Å². The predicted molar refractivity (Wildman–Crippen MR) is 63.8 cm³/mol. The lowest BCUT2D eigenvalue weighted by Crippen LogP contribution is -2.27. The first-order valence-electron chi connectivity index (χ1n) is 5.30. The number of methoxy groups -OCH3 is 1. The van der Waals surface area contributed by atoms with Gasteiger partial charge in [-0.1, -0.05) is 6.08 Å². The highest BCUT2D eigenvalue weighted by Gasteiger charge is 2.21. The van der Waals surface area contributed by atoms with Gasteiger partial charge in [-0.25, -0.2) is 9.78 Å². The number of amides is 1. The second-order valence-electron chi connectivity index (χ2n) is 3.79. The van der Waals surface area contributed by atoms with Gasteiger partial charge in [-0.2, -0.15) is 0 Å². The number of nitrogens with zero attached hydrogens (tertiary/aromatic N) is 2. The van der Waals surface area contributed by atoms with E-state index in [-0.39, 0.29) is 0 Å². The molecule has 0 radical (unpaired) electrons. The standard InChI is InChI=1S/C12H11N3O2/c1-17-12(16)15-6-2-3-8-10(15)5-4-9-11(8)14-7-13-9/h2,4-7H,3H2,1H3,(H,13,14). The fourth-order valence-corrected chi connectivity index (χ4v) is 2.10. The number of aromatic amines is 1.